The number of carbonyl (C=O) groups is 1. The van der Waals surface area contributed by atoms with Crippen molar-refractivity contribution >= 4 is 5.97 Å². The molecule has 2 rings (SSSR count). The lowest BCUT2D eigenvalue weighted by Crippen LogP contribution is -2.17. The Hall–Kier alpha value is -2.17. The zero-order valence-corrected chi connectivity index (χ0v) is 10.9. The normalized spacial score (nSPS) is 14.1. The third-order valence-electron chi connectivity index (χ3n) is 2.80. The third kappa shape index (κ3) is 2.99. The Morgan fingerprint density at radius 2 is 2.16 bits per heavy atom. The molecule has 1 aliphatic heterocycles. The number of carboxylic acids is 1. The first kappa shape index (κ1) is 13.3. The second kappa shape index (κ2) is 5.65. The van der Waals surface area contributed by atoms with Gasteiger partial charge in [0, 0.05) is 0 Å². The first-order chi connectivity index (χ1) is 9.11. The summed E-state index contributed by atoms with van der Waals surface area (Å²) < 4.78 is 16.5. The fourth-order valence-corrected chi connectivity index (χ4v) is 1.63. The summed E-state index contributed by atoms with van der Waals surface area (Å²) in [6.45, 7) is 5.07. The maximum absolute atomic E-state index is 11.1. The highest BCUT2D eigenvalue weighted by molar-refractivity contribution is 5.89. The van der Waals surface area contributed by atoms with E-state index < -0.39 is 5.97 Å². The number of ether oxygens (including phenoxy) is 3. The largest absolute Gasteiger partial charge is 0.486 e. The lowest BCUT2D eigenvalue weighted by molar-refractivity contribution is 0.0695. The van der Waals surface area contributed by atoms with Gasteiger partial charge in [0.15, 0.2) is 11.5 Å². The van der Waals surface area contributed by atoms with E-state index in [-0.39, 0.29) is 5.56 Å². The van der Waals surface area contributed by atoms with Crippen molar-refractivity contribution in [3.63, 3.8) is 0 Å². The van der Waals surface area contributed by atoms with Crippen molar-refractivity contribution in [1.82, 2.24) is 0 Å². The predicted octanol–water partition coefficient (Wildman–Crippen LogP) is 2.50. The molecule has 0 aromatic heterocycles. The molecule has 0 saturated heterocycles. The summed E-state index contributed by atoms with van der Waals surface area (Å²) in [6, 6.07) is 2.91. The molecule has 0 aliphatic carbocycles. The molecule has 0 unspecified atom stereocenters. The SMILES string of the molecule is C/C=C(\C)COc1cc(C(=O)O)cc2c1OCCO2. The summed E-state index contributed by atoms with van der Waals surface area (Å²) in [6.07, 6.45) is 1.94. The molecular weight excluding hydrogens is 248 g/mol. The number of carboxylic acid groups (broad SMARTS) is 1. The Morgan fingerprint density at radius 1 is 1.42 bits per heavy atom. The van der Waals surface area contributed by atoms with Crippen molar-refractivity contribution in [1.29, 1.82) is 0 Å². The summed E-state index contributed by atoms with van der Waals surface area (Å²) in [5, 5.41) is 9.07. The fraction of sp³-hybridized carbons (Fsp3) is 0.357. The van der Waals surface area contributed by atoms with Crippen LogP contribution in [-0.4, -0.2) is 30.9 Å². The predicted molar refractivity (Wildman–Crippen MR) is 69.3 cm³/mol. The number of hydrogen-bond acceptors (Lipinski definition) is 4. The molecule has 0 amide bonds. The Bertz CT molecular complexity index is 519. The minimum atomic E-state index is -1.02. The summed E-state index contributed by atoms with van der Waals surface area (Å²) >= 11 is 0. The van der Waals surface area contributed by atoms with Crippen LogP contribution >= 0.6 is 0 Å². The van der Waals surface area contributed by atoms with E-state index in [1.807, 2.05) is 19.9 Å². The number of aromatic carboxylic acids is 1. The molecule has 0 fully saturated rings. The van der Waals surface area contributed by atoms with E-state index in [9.17, 15) is 4.79 Å². The van der Waals surface area contributed by atoms with Crippen molar-refractivity contribution in [2.75, 3.05) is 19.8 Å². The zero-order chi connectivity index (χ0) is 13.8. The van der Waals surface area contributed by atoms with E-state index in [1.54, 1.807) is 0 Å². The molecule has 0 saturated carbocycles. The minimum Gasteiger partial charge on any atom is -0.486 e. The summed E-state index contributed by atoms with van der Waals surface area (Å²) in [7, 11) is 0. The molecule has 1 aromatic rings. The molecule has 0 radical (unpaired) electrons. The molecule has 0 spiro atoms. The summed E-state index contributed by atoms with van der Waals surface area (Å²) in [4.78, 5) is 11.1. The van der Waals surface area contributed by atoms with Crippen molar-refractivity contribution in [2.45, 2.75) is 13.8 Å². The van der Waals surface area contributed by atoms with Crippen LogP contribution in [0.4, 0.5) is 0 Å². The van der Waals surface area contributed by atoms with E-state index >= 15 is 0 Å². The number of hydrogen-bond donors (Lipinski definition) is 1. The van der Waals surface area contributed by atoms with Gasteiger partial charge in [-0.15, -0.1) is 0 Å². The monoisotopic (exact) mass is 264 g/mol. The molecule has 1 aromatic carbocycles. The van der Waals surface area contributed by atoms with Gasteiger partial charge in [0.1, 0.15) is 19.8 Å². The van der Waals surface area contributed by atoms with E-state index in [0.717, 1.165) is 5.57 Å². The lowest BCUT2D eigenvalue weighted by atomic mass is 10.1. The van der Waals surface area contributed by atoms with Gasteiger partial charge in [-0.05, 0) is 31.6 Å². The van der Waals surface area contributed by atoms with Crippen molar-refractivity contribution in [2.24, 2.45) is 0 Å². The van der Waals surface area contributed by atoms with Crippen LogP contribution in [0.25, 0.3) is 0 Å². The van der Waals surface area contributed by atoms with Crippen molar-refractivity contribution in [3.05, 3.63) is 29.3 Å². The molecule has 1 aliphatic rings. The number of rotatable bonds is 4. The Balaban J connectivity index is 2.33. The highest BCUT2D eigenvalue weighted by Crippen LogP contribution is 2.40. The maximum atomic E-state index is 11.1. The topological polar surface area (TPSA) is 65.0 Å². The van der Waals surface area contributed by atoms with Crippen LogP contribution in [0.3, 0.4) is 0 Å². The summed E-state index contributed by atoms with van der Waals surface area (Å²) in [5.74, 6) is 0.264. The van der Waals surface area contributed by atoms with Crippen LogP contribution in [-0.2, 0) is 0 Å². The average Bonchev–Trinajstić information content (AvgIpc) is 2.43. The molecule has 5 nitrogen and oxygen atoms in total. The third-order valence-corrected chi connectivity index (χ3v) is 2.80. The Kier molecular flexibility index (Phi) is 3.94. The van der Waals surface area contributed by atoms with Gasteiger partial charge in [0.25, 0.3) is 0 Å². The highest BCUT2D eigenvalue weighted by atomic mass is 16.6. The minimum absolute atomic E-state index is 0.123. The van der Waals surface area contributed by atoms with Crippen LogP contribution in [0.2, 0.25) is 0 Å². The van der Waals surface area contributed by atoms with Gasteiger partial charge in [-0.25, -0.2) is 4.79 Å². The van der Waals surface area contributed by atoms with Crippen LogP contribution in [0.15, 0.2) is 23.8 Å². The molecule has 19 heavy (non-hydrogen) atoms. The number of allylic oxidation sites excluding steroid dienone is 1. The Morgan fingerprint density at radius 3 is 2.84 bits per heavy atom. The van der Waals surface area contributed by atoms with Crippen LogP contribution in [0.1, 0.15) is 24.2 Å². The molecule has 0 bridgehead atoms. The second-order valence-corrected chi connectivity index (χ2v) is 4.23. The molecule has 5 heteroatoms. The molecule has 1 N–H and O–H groups in total. The van der Waals surface area contributed by atoms with E-state index in [2.05, 4.69) is 0 Å². The smallest absolute Gasteiger partial charge is 0.335 e. The van der Waals surface area contributed by atoms with Crippen molar-refractivity contribution in [3.8, 4) is 17.2 Å². The first-order valence-corrected chi connectivity index (χ1v) is 6.03. The zero-order valence-electron chi connectivity index (χ0n) is 10.9. The quantitative estimate of drug-likeness (QED) is 0.846. The Labute approximate surface area is 111 Å². The maximum Gasteiger partial charge on any atom is 0.335 e. The highest BCUT2D eigenvalue weighted by Gasteiger charge is 2.21. The van der Waals surface area contributed by atoms with Gasteiger partial charge < -0.3 is 19.3 Å². The van der Waals surface area contributed by atoms with Gasteiger partial charge >= 0.3 is 5.97 Å². The molecule has 102 valence electrons. The van der Waals surface area contributed by atoms with E-state index in [1.165, 1.54) is 12.1 Å². The lowest BCUT2D eigenvalue weighted by Gasteiger charge is -2.21. The fourth-order valence-electron chi connectivity index (χ4n) is 1.63. The molecule has 0 atom stereocenters. The van der Waals surface area contributed by atoms with Gasteiger partial charge in [0.2, 0.25) is 5.75 Å². The first-order valence-electron chi connectivity index (χ1n) is 6.03. The average molecular weight is 264 g/mol. The standard InChI is InChI=1S/C14H16O5/c1-3-9(2)8-19-12-7-10(14(15)16)6-11-13(12)18-5-4-17-11/h3,6-7H,4-5,8H2,1-2H3,(H,15,16)/b9-3+. The van der Waals surface area contributed by atoms with Gasteiger partial charge in [-0.3, -0.25) is 0 Å². The van der Waals surface area contributed by atoms with E-state index in [0.29, 0.717) is 37.1 Å². The number of fused-ring (bicyclic) bond motifs is 1. The summed E-state index contributed by atoms with van der Waals surface area (Å²) in [5.41, 5.74) is 1.17. The van der Waals surface area contributed by atoms with Crippen LogP contribution in [0, 0.1) is 0 Å². The van der Waals surface area contributed by atoms with Gasteiger partial charge in [-0.2, -0.15) is 0 Å². The van der Waals surface area contributed by atoms with E-state index in [4.69, 9.17) is 19.3 Å². The van der Waals surface area contributed by atoms with Crippen molar-refractivity contribution < 1.29 is 24.1 Å². The number of benzene rings is 1. The van der Waals surface area contributed by atoms with Gasteiger partial charge in [-0.1, -0.05) is 6.08 Å². The second-order valence-electron chi connectivity index (χ2n) is 4.23. The van der Waals surface area contributed by atoms with Crippen LogP contribution in [0.5, 0.6) is 17.2 Å². The van der Waals surface area contributed by atoms with Crippen LogP contribution < -0.4 is 14.2 Å². The van der Waals surface area contributed by atoms with Gasteiger partial charge in [0.05, 0.1) is 5.56 Å². The molecule has 1 heterocycles. The molecular formula is C14H16O5.